The zero-order valence-corrected chi connectivity index (χ0v) is 17.6. The van der Waals surface area contributed by atoms with Crippen molar-refractivity contribution < 1.29 is 14.2 Å². The predicted molar refractivity (Wildman–Crippen MR) is 122 cm³/mol. The first-order valence-corrected chi connectivity index (χ1v) is 10.5. The van der Waals surface area contributed by atoms with Gasteiger partial charge in [0, 0.05) is 0 Å². The SMILES string of the molecule is COc1ccc(C=C(c2ccccc2)c2ccc(OC)c(OC3CCCC3)c2)cc1. The molecule has 0 heterocycles. The lowest BCUT2D eigenvalue weighted by Gasteiger charge is -2.18. The summed E-state index contributed by atoms with van der Waals surface area (Å²) in [6, 6.07) is 24.8. The summed E-state index contributed by atoms with van der Waals surface area (Å²) in [5, 5.41) is 0. The van der Waals surface area contributed by atoms with Gasteiger partial charge in [-0.15, -0.1) is 0 Å². The van der Waals surface area contributed by atoms with Crippen LogP contribution in [0.4, 0.5) is 0 Å². The third kappa shape index (κ3) is 4.68. The summed E-state index contributed by atoms with van der Waals surface area (Å²) in [6.45, 7) is 0. The van der Waals surface area contributed by atoms with E-state index >= 15 is 0 Å². The largest absolute Gasteiger partial charge is 0.497 e. The Morgan fingerprint density at radius 1 is 0.767 bits per heavy atom. The van der Waals surface area contributed by atoms with Crippen molar-refractivity contribution in [3.8, 4) is 17.2 Å². The topological polar surface area (TPSA) is 27.7 Å². The average Bonchev–Trinajstić information content (AvgIpc) is 3.31. The summed E-state index contributed by atoms with van der Waals surface area (Å²) in [6.07, 6.45) is 7.18. The molecule has 3 aromatic carbocycles. The highest BCUT2D eigenvalue weighted by molar-refractivity contribution is 5.92. The third-order valence-corrected chi connectivity index (χ3v) is 5.58. The van der Waals surface area contributed by atoms with Gasteiger partial charge in [0.05, 0.1) is 20.3 Å². The molecule has 3 aromatic rings. The molecule has 3 heteroatoms. The molecule has 154 valence electrons. The van der Waals surface area contributed by atoms with Crippen molar-refractivity contribution in [1.29, 1.82) is 0 Å². The smallest absolute Gasteiger partial charge is 0.162 e. The van der Waals surface area contributed by atoms with Crippen molar-refractivity contribution in [1.82, 2.24) is 0 Å². The van der Waals surface area contributed by atoms with Crippen LogP contribution in [0.2, 0.25) is 0 Å². The van der Waals surface area contributed by atoms with Crippen LogP contribution in [0, 0.1) is 0 Å². The predicted octanol–water partition coefficient (Wildman–Crippen LogP) is 6.61. The number of rotatable bonds is 7. The second-order valence-electron chi connectivity index (χ2n) is 7.59. The van der Waals surface area contributed by atoms with Crippen LogP contribution in [0.15, 0.2) is 72.8 Å². The van der Waals surface area contributed by atoms with E-state index in [2.05, 4.69) is 54.6 Å². The molecule has 0 unspecified atom stereocenters. The molecule has 0 N–H and O–H groups in total. The van der Waals surface area contributed by atoms with Gasteiger partial charge < -0.3 is 14.2 Å². The fourth-order valence-electron chi connectivity index (χ4n) is 3.94. The van der Waals surface area contributed by atoms with Gasteiger partial charge in [-0.05, 0) is 78.3 Å². The van der Waals surface area contributed by atoms with E-state index in [-0.39, 0.29) is 6.10 Å². The van der Waals surface area contributed by atoms with Crippen LogP contribution in [-0.4, -0.2) is 20.3 Å². The lowest BCUT2D eigenvalue weighted by atomic mass is 9.95. The second-order valence-corrected chi connectivity index (χ2v) is 7.59. The van der Waals surface area contributed by atoms with E-state index in [4.69, 9.17) is 14.2 Å². The number of methoxy groups -OCH3 is 2. The Labute approximate surface area is 178 Å². The van der Waals surface area contributed by atoms with E-state index in [0.29, 0.717) is 0 Å². The Bertz CT molecular complexity index is 984. The average molecular weight is 401 g/mol. The fourth-order valence-corrected chi connectivity index (χ4v) is 3.94. The molecular weight excluding hydrogens is 372 g/mol. The number of hydrogen-bond donors (Lipinski definition) is 0. The molecule has 0 spiro atoms. The van der Waals surface area contributed by atoms with E-state index in [1.807, 2.05) is 24.3 Å². The minimum absolute atomic E-state index is 0.278. The fraction of sp³-hybridized carbons (Fsp3) is 0.259. The Kier molecular flexibility index (Phi) is 6.38. The molecule has 0 saturated heterocycles. The van der Waals surface area contributed by atoms with Crippen LogP contribution < -0.4 is 14.2 Å². The molecule has 30 heavy (non-hydrogen) atoms. The zero-order valence-electron chi connectivity index (χ0n) is 17.6. The monoisotopic (exact) mass is 400 g/mol. The van der Waals surface area contributed by atoms with Crippen molar-refractivity contribution in [3.05, 3.63) is 89.5 Å². The first-order chi connectivity index (χ1) is 14.8. The van der Waals surface area contributed by atoms with Crippen LogP contribution in [0.1, 0.15) is 42.4 Å². The third-order valence-electron chi connectivity index (χ3n) is 5.58. The van der Waals surface area contributed by atoms with Gasteiger partial charge in [-0.2, -0.15) is 0 Å². The van der Waals surface area contributed by atoms with Crippen molar-refractivity contribution in [3.63, 3.8) is 0 Å². The molecule has 4 rings (SSSR count). The molecular formula is C27H28O3. The number of hydrogen-bond acceptors (Lipinski definition) is 3. The van der Waals surface area contributed by atoms with Crippen molar-refractivity contribution in [2.45, 2.75) is 31.8 Å². The van der Waals surface area contributed by atoms with Gasteiger partial charge in [0.1, 0.15) is 5.75 Å². The molecule has 0 aromatic heterocycles. The van der Waals surface area contributed by atoms with E-state index in [0.717, 1.165) is 52.4 Å². The minimum atomic E-state index is 0.278. The first-order valence-electron chi connectivity index (χ1n) is 10.5. The van der Waals surface area contributed by atoms with Crippen LogP contribution in [0.3, 0.4) is 0 Å². The summed E-state index contributed by atoms with van der Waals surface area (Å²) in [4.78, 5) is 0. The molecule has 1 fully saturated rings. The molecule has 1 aliphatic rings. The number of ether oxygens (including phenoxy) is 3. The molecule has 0 aliphatic heterocycles. The van der Waals surface area contributed by atoms with E-state index in [1.54, 1.807) is 14.2 Å². The molecule has 3 nitrogen and oxygen atoms in total. The van der Waals surface area contributed by atoms with Gasteiger partial charge in [0.25, 0.3) is 0 Å². The van der Waals surface area contributed by atoms with Crippen LogP contribution in [0.25, 0.3) is 11.6 Å². The van der Waals surface area contributed by atoms with Crippen LogP contribution >= 0.6 is 0 Å². The van der Waals surface area contributed by atoms with Gasteiger partial charge in [0.2, 0.25) is 0 Å². The number of benzene rings is 3. The molecule has 1 saturated carbocycles. The standard InChI is InChI=1S/C27H28O3/c1-28-23-15-12-20(13-16-23)18-25(21-8-4-3-5-9-21)22-14-17-26(29-2)27(19-22)30-24-10-6-7-11-24/h3-5,8-9,12-19,24H,6-7,10-11H2,1-2H3. The maximum Gasteiger partial charge on any atom is 0.162 e. The molecule has 0 bridgehead atoms. The highest BCUT2D eigenvalue weighted by Crippen LogP contribution is 2.36. The maximum absolute atomic E-state index is 6.34. The first kappa shape index (κ1) is 20.1. The Balaban J connectivity index is 1.75. The molecule has 0 radical (unpaired) electrons. The van der Waals surface area contributed by atoms with Crippen molar-refractivity contribution in [2.24, 2.45) is 0 Å². The summed E-state index contributed by atoms with van der Waals surface area (Å²) in [5.74, 6) is 2.45. The lowest BCUT2D eigenvalue weighted by Crippen LogP contribution is -2.11. The van der Waals surface area contributed by atoms with E-state index in [9.17, 15) is 0 Å². The minimum Gasteiger partial charge on any atom is -0.497 e. The summed E-state index contributed by atoms with van der Waals surface area (Å²) in [7, 11) is 3.38. The van der Waals surface area contributed by atoms with Gasteiger partial charge in [-0.3, -0.25) is 0 Å². The summed E-state index contributed by atoms with van der Waals surface area (Å²) in [5.41, 5.74) is 4.51. The Hall–Kier alpha value is -3.20. The maximum atomic E-state index is 6.34. The van der Waals surface area contributed by atoms with Gasteiger partial charge in [0.15, 0.2) is 11.5 Å². The molecule has 0 atom stereocenters. The molecule has 0 amide bonds. The van der Waals surface area contributed by atoms with Gasteiger partial charge in [-0.1, -0.05) is 48.5 Å². The second kappa shape index (κ2) is 9.53. The Morgan fingerprint density at radius 3 is 2.17 bits per heavy atom. The summed E-state index contributed by atoms with van der Waals surface area (Å²) < 4.78 is 17.2. The Morgan fingerprint density at radius 2 is 1.50 bits per heavy atom. The van der Waals surface area contributed by atoms with Crippen LogP contribution in [-0.2, 0) is 0 Å². The molecule has 1 aliphatic carbocycles. The van der Waals surface area contributed by atoms with Gasteiger partial charge in [-0.25, -0.2) is 0 Å². The zero-order chi connectivity index (χ0) is 20.8. The van der Waals surface area contributed by atoms with E-state index in [1.165, 1.54) is 12.8 Å². The highest BCUT2D eigenvalue weighted by Gasteiger charge is 2.19. The van der Waals surface area contributed by atoms with E-state index < -0.39 is 0 Å². The van der Waals surface area contributed by atoms with Crippen molar-refractivity contribution in [2.75, 3.05) is 14.2 Å². The van der Waals surface area contributed by atoms with Crippen LogP contribution in [0.5, 0.6) is 17.2 Å². The summed E-state index contributed by atoms with van der Waals surface area (Å²) >= 11 is 0. The highest BCUT2D eigenvalue weighted by atomic mass is 16.5. The van der Waals surface area contributed by atoms with Crippen molar-refractivity contribution >= 4 is 11.6 Å². The van der Waals surface area contributed by atoms with Gasteiger partial charge >= 0.3 is 0 Å². The lowest BCUT2D eigenvalue weighted by molar-refractivity contribution is 0.201. The normalized spacial score (nSPS) is 14.5. The quantitative estimate of drug-likeness (QED) is 0.417.